The highest BCUT2D eigenvalue weighted by Crippen LogP contribution is 2.40. The molecule has 2 aliphatic rings. The number of halogens is 3. The number of nitrogen functional groups attached to an aromatic ring is 1. The normalized spacial score (nSPS) is 27.1. The van der Waals surface area contributed by atoms with E-state index in [1.54, 1.807) is 6.07 Å². The molecule has 1 aromatic carbocycles. The molecule has 2 aliphatic carbocycles. The van der Waals surface area contributed by atoms with Crippen LogP contribution in [0.1, 0.15) is 37.5 Å². The van der Waals surface area contributed by atoms with Crippen LogP contribution in [0.25, 0.3) is 22.1 Å². The molecule has 4 aromatic rings. The molecule has 1 unspecified atom stereocenters. The van der Waals surface area contributed by atoms with Crippen molar-refractivity contribution in [1.82, 2.24) is 29.4 Å². The molecular formula is C27H32F3N7O3. The maximum absolute atomic E-state index is 12.5. The number of aromatic nitrogens is 5. The van der Waals surface area contributed by atoms with E-state index in [0.29, 0.717) is 53.8 Å². The van der Waals surface area contributed by atoms with Crippen LogP contribution in [-0.2, 0) is 6.42 Å². The smallest absolute Gasteiger partial charge is 0.406 e. The van der Waals surface area contributed by atoms with Crippen molar-refractivity contribution in [3.63, 3.8) is 0 Å². The van der Waals surface area contributed by atoms with Crippen LogP contribution in [0.2, 0.25) is 0 Å². The van der Waals surface area contributed by atoms with Gasteiger partial charge in [0.1, 0.15) is 35.5 Å². The molecule has 0 aliphatic heterocycles. The number of aromatic amines is 1. The van der Waals surface area contributed by atoms with E-state index < -0.39 is 18.6 Å². The maximum Gasteiger partial charge on any atom is 0.573 e. The van der Waals surface area contributed by atoms with Crippen LogP contribution >= 0.6 is 0 Å². The standard InChI is InChI=1S/C27H32F3N7O3/c1-36(12-15-10-21(24(39)23(15)38)37-7-6-18-25(31)32-13-33-26(18)37)16-8-14(9-16)2-5-22-34-19-4-3-17(11-20(19)35-22)40-27(28,29)30/h3-4,6-7,11,13-16,21,23-24,38-39H,2,5,8-10,12H2,1H3,(H,34,35)(H2,31,32,33)/t14?,15-,16?,21?,23-,24+/m1/s1. The summed E-state index contributed by atoms with van der Waals surface area (Å²) in [6.45, 7) is 0.675. The number of nitrogens with two attached hydrogens (primary N) is 1. The van der Waals surface area contributed by atoms with Gasteiger partial charge < -0.3 is 35.1 Å². The number of rotatable bonds is 8. The van der Waals surface area contributed by atoms with E-state index in [9.17, 15) is 23.4 Å². The van der Waals surface area contributed by atoms with Crippen molar-refractivity contribution in [3.05, 3.63) is 42.6 Å². The number of benzene rings is 1. The number of H-pyrrole nitrogens is 1. The quantitative estimate of drug-likeness (QED) is 0.258. The van der Waals surface area contributed by atoms with Gasteiger partial charge in [-0.25, -0.2) is 15.0 Å². The average Bonchev–Trinajstić information content (AvgIpc) is 3.54. The van der Waals surface area contributed by atoms with Gasteiger partial charge in [0, 0.05) is 37.2 Å². The van der Waals surface area contributed by atoms with Crippen LogP contribution in [0.3, 0.4) is 0 Å². The number of ether oxygens (including phenoxy) is 1. The molecule has 3 aromatic heterocycles. The van der Waals surface area contributed by atoms with Crippen molar-refractivity contribution in [2.75, 3.05) is 19.3 Å². The molecule has 0 radical (unpaired) electrons. The molecule has 214 valence electrons. The molecular weight excluding hydrogens is 527 g/mol. The zero-order valence-corrected chi connectivity index (χ0v) is 21.9. The van der Waals surface area contributed by atoms with Crippen molar-refractivity contribution in [3.8, 4) is 5.75 Å². The summed E-state index contributed by atoms with van der Waals surface area (Å²) in [6, 6.07) is 6.04. The molecule has 40 heavy (non-hydrogen) atoms. The number of nitrogens with one attached hydrogen (secondary N) is 1. The number of imidazole rings is 1. The Morgan fingerprint density at radius 3 is 2.73 bits per heavy atom. The average molecular weight is 560 g/mol. The van der Waals surface area contributed by atoms with Gasteiger partial charge in [0.15, 0.2) is 0 Å². The van der Waals surface area contributed by atoms with Crippen molar-refractivity contribution >= 4 is 27.9 Å². The van der Waals surface area contributed by atoms with E-state index in [1.807, 2.05) is 16.8 Å². The van der Waals surface area contributed by atoms with Gasteiger partial charge in [0.05, 0.1) is 28.6 Å². The molecule has 4 atom stereocenters. The Morgan fingerprint density at radius 1 is 1.15 bits per heavy atom. The monoisotopic (exact) mass is 559 g/mol. The van der Waals surface area contributed by atoms with E-state index in [4.69, 9.17) is 5.73 Å². The van der Waals surface area contributed by atoms with Crippen molar-refractivity contribution in [2.24, 2.45) is 11.8 Å². The lowest BCUT2D eigenvalue weighted by molar-refractivity contribution is -0.274. The second-order valence-electron chi connectivity index (χ2n) is 11.1. The van der Waals surface area contributed by atoms with E-state index in [-0.39, 0.29) is 17.7 Å². The summed E-state index contributed by atoms with van der Waals surface area (Å²) >= 11 is 0. The first-order chi connectivity index (χ1) is 19.1. The first-order valence-corrected chi connectivity index (χ1v) is 13.4. The topological polar surface area (TPSA) is 138 Å². The summed E-state index contributed by atoms with van der Waals surface area (Å²) in [5.74, 6) is 1.29. The first kappa shape index (κ1) is 26.8. The summed E-state index contributed by atoms with van der Waals surface area (Å²) in [7, 11) is 2.06. The molecule has 0 saturated heterocycles. The van der Waals surface area contributed by atoms with Gasteiger partial charge in [-0.05, 0) is 56.8 Å². The van der Waals surface area contributed by atoms with E-state index in [0.717, 1.165) is 30.5 Å². The van der Waals surface area contributed by atoms with Crippen LogP contribution in [0, 0.1) is 11.8 Å². The second-order valence-corrected chi connectivity index (χ2v) is 11.1. The molecule has 2 saturated carbocycles. The van der Waals surface area contributed by atoms with E-state index >= 15 is 0 Å². The minimum absolute atomic E-state index is 0.0811. The summed E-state index contributed by atoms with van der Waals surface area (Å²) < 4.78 is 43.4. The van der Waals surface area contributed by atoms with Crippen LogP contribution in [0.4, 0.5) is 19.0 Å². The summed E-state index contributed by atoms with van der Waals surface area (Å²) in [5, 5.41) is 22.4. The number of alkyl halides is 3. The maximum atomic E-state index is 12.5. The SMILES string of the molecule is CN(C[C@H]1CC(n2ccc3c(N)ncnc32)[C@H](O)[C@@H]1O)C1CC(CCc2nc3cc(OC(F)(F)F)ccc3[nH]2)C1. The van der Waals surface area contributed by atoms with Crippen molar-refractivity contribution in [2.45, 2.75) is 62.8 Å². The van der Waals surface area contributed by atoms with Crippen LogP contribution in [-0.4, -0.2) is 77.8 Å². The molecule has 2 fully saturated rings. The number of fused-ring (bicyclic) bond motifs is 2. The third-order valence-electron chi connectivity index (χ3n) is 8.55. The third-order valence-corrected chi connectivity index (χ3v) is 8.55. The predicted octanol–water partition coefficient (Wildman–Crippen LogP) is 3.41. The lowest BCUT2D eigenvalue weighted by Crippen LogP contribution is -2.46. The van der Waals surface area contributed by atoms with E-state index in [1.165, 1.54) is 18.5 Å². The number of aryl methyl sites for hydroxylation is 1. The zero-order chi connectivity index (χ0) is 28.2. The number of aliphatic hydroxyl groups excluding tert-OH is 2. The van der Waals surface area contributed by atoms with Gasteiger partial charge in [-0.3, -0.25) is 0 Å². The van der Waals surface area contributed by atoms with Crippen molar-refractivity contribution in [1.29, 1.82) is 0 Å². The number of hydrogen-bond acceptors (Lipinski definition) is 8. The van der Waals surface area contributed by atoms with Gasteiger partial charge in [0.25, 0.3) is 0 Å². The van der Waals surface area contributed by atoms with Crippen LogP contribution in [0.5, 0.6) is 5.75 Å². The second kappa shape index (κ2) is 10.2. The molecule has 0 bridgehead atoms. The molecule has 3 heterocycles. The largest absolute Gasteiger partial charge is 0.573 e. The molecule has 5 N–H and O–H groups in total. The van der Waals surface area contributed by atoms with E-state index in [2.05, 4.69) is 36.6 Å². The van der Waals surface area contributed by atoms with Gasteiger partial charge in [-0.2, -0.15) is 0 Å². The molecule has 0 amide bonds. The summed E-state index contributed by atoms with van der Waals surface area (Å²) in [5.41, 5.74) is 7.73. The number of nitrogens with zero attached hydrogens (tertiary/aromatic N) is 5. The van der Waals surface area contributed by atoms with Gasteiger partial charge in [0.2, 0.25) is 0 Å². The minimum Gasteiger partial charge on any atom is -0.406 e. The molecule has 0 spiro atoms. The fraction of sp³-hybridized carbons (Fsp3) is 0.519. The fourth-order valence-electron chi connectivity index (χ4n) is 6.32. The number of anilines is 1. The predicted molar refractivity (Wildman–Crippen MR) is 141 cm³/mol. The molecule has 6 rings (SSSR count). The highest BCUT2D eigenvalue weighted by Gasteiger charge is 2.44. The highest BCUT2D eigenvalue weighted by molar-refractivity contribution is 5.86. The Balaban J connectivity index is 0.999. The number of hydrogen-bond donors (Lipinski definition) is 4. The Labute approximate surface area is 228 Å². The first-order valence-electron chi connectivity index (χ1n) is 13.4. The van der Waals surface area contributed by atoms with Crippen LogP contribution < -0.4 is 10.5 Å². The van der Waals surface area contributed by atoms with Gasteiger partial charge >= 0.3 is 6.36 Å². The Bertz CT molecular complexity index is 1500. The number of aliphatic hydroxyl groups is 2. The lowest BCUT2D eigenvalue weighted by atomic mass is 9.76. The summed E-state index contributed by atoms with van der Waals surface area (Å²) in [4.78, 5) is 18.3. The summed E-state index contributed by atoms with van der Waals surface area (Å²) in [6.07, 6.45) is 1.07. The Morgan fingerprint density at radius 2 is 1.95 bits per heavy atom. The van der Waals surface area contributed by atoms with Gasteiger partial charge in [-0.1, -0.05) is 0 Å². The van der Waals surface area contributed by atoms with Gasteiger partial charge in [-0.15, -0.1) is 13.2 Å². The van der Waals surface area contributed by atoms with Crippen LogP contribution in [0.15, 0.2) is 36.8 Å². The third kappa shape index (κ3) is 5.20. The fourth-order valence-corrected chi connectivity index (χ4v) is 6.32. The van der Waals surface area contributed by atoms with Crippen molar-refractivity contribution < 1.29 is 28.1 Å². The molecule has 10 nitrogen and oxygen atoms in total. The minimum atomic E-state index is -4.74. The lowest BCUT2D eigenvalue weighted by Gasteiger charge is -2.42. The molecule has 13 heteroatoms. The highest BCUT2D eigenvalue weighted by atomic mass is 19.4. The zero-order valence-electron chi connectivity index (χ0n) is 21.9. The Kier molecular flexibility index (Phi) is 6.83. The Hall–Kier alpha value is -3.42.